The van der Waals surface area contributed by atoms with Gasteiger partial charge in [-0.1, -0.05) is 13.3 Å². The number of rotatable bonds is 6. The van der Waals surface area contributed by atoms with Crippen LogP contribution in [0.3, 0.4) is 0 Å². The molecule has 0 saturated heterocycles. The molecule has 0 heterocycles. The van der Waals surface area contributed by atoms with E-state index in [1.165, 1.54) is 0 Å². The Labute approximate surface area is 118 Å². The summed E-state index contributed by atoms with van der Waals surface area (Å²) in [4.78, 5) is 11.2. The second kappa shape index (κ2) is 6.81. The molecule has 1 N–H and O–H groups in total. The van der Waals surface area contributed by atoms with Gasteiger partial charge >= 0.3 is 5.97 Å². The van der Waals surface area contributed by atoms with Crippen LogP contribution < -0.4 is 4.72 Å². The number of ether oxygens (including phenoxy) is 1. The highest BCUT2D eigenvalue weighted by Gasteiger charge is 2.25. The Morgan fingerprint density at radius 2 is 2.10 bits per heavy atom. The van der Waals surface area contributed by atoms with E-state index in [1.54, 1.807) is 6.92 Å². The number of carbonyl (C=O) groups excluding carboxylic acids is 1. The topological polar surface area (TPSA) is 72.5 Å². The number of nitrogens with one attached hydrogen (secondary N) is 1. The van der Waals surface area contributed by atoms with Gasteiger partial charge in [-0.05, 0) is 31.5 Å². The highest BCUT2D eigenvalue weighted by atomic mass is 32.2. The molecule has 0 saturated carbocycles. The zero-order valence-electron chi connectivity index (χ0n) is 11.6. The van der Waals surface area contributed by atoms with Crippen molar-refractivity contribution in [3.63, 3.8) is 0 Å². The summed E-state index contributed by atoms with van der Waals surface area (Å²) in [5.41, 5.74) is -0.190. The van der Waals surface area contributed by atoms with Crippen LogP contribution in [0.25, 0.3) is 0 Å². The van der Waals surface area contributed by atoms with Crippen molar-refractivity contribution in [3.8, 4) is 0 Å². The monoisotopic (exact) mass is 303 g/mol. The third-order valence-electron chi connectivity index (χ3n) is 2.72. The van der Waals surface area contributed by atoms with E-state index < -0.39 is 26.7 Å². The molecule has 1 rings (SSSR count). The van der Waals surface area contributed by atoms with Gasteiger partial charge in [0, 0.05) is 6.04 Å². The molecule has 0 aliphatic carbocycles. The summed E-state index contributed by atoms with van der Waals surface area (Å²) >= 11 is 0. The zero-order chi connectivity index (χ0) is 15.3. The van der Waals surface area contributed by atoms with Crippen molar-refractivity contribution in [2.45, 2.75) is 37.6 Å². The lowest BCUT2D eigenvalue weighted by atomic mass is 10.2. The number of hydrogen-bond acceptors (Lipinski definition) is 4. The van der Waals surface area contributed by atoms with E-state index in [1.807, 2.05) is 6.92 Å². The number of benzene rings is 1. The molecule has 1 aromatic carbocycles. The van der Waals surface area contributed by atoms with Crippen LogP contribution in [0.15, 0.2) is 23.1 Å². The normalized spacial score (nSPS) is 13.0. The van der Waals surface area contributed by atoms with E-state index in [0.717, 1.165) is 31.7 Å². The fourth-order valence-corrected chi connectivity index (χ4v) is 3.30. The maximum Gasteiger partial charge on any atom is 0.339 e. The number of halogens is 1. The number of hydrogen-bond donors (Lipinski definition) is 1. The van der Waals surface area contributed by atoms with E-state index in [9.17, 15) is 17.6 Å². The maximum atomic E-state index is 13.3. The molecule has 0 radical (unpaired) electrons. The lowest BCUT2D eigenvalue weighted by Gasteiger charge is -2.15. The molecule has 20 heavy (non-hydrogen) atoms. The molecule has 1 aromatic rings. The van der Waals surface area contributed by atoms with Gasteiger partial charge in [0.15, 0.2) is 0 Å². The minimum Gasteiger partial charge on any atom is -0.465 e. The van der Waals surface area contributed by atoms with Crippen molar-refractivity contribution in [3.05, 3.63) is 29.6 Å². The van der Waals surface area contributed by atoms with E-state index in [-0.39, 0.29) is 11.6 Å². The van der Waals surface area contributed by atoms with Crippen LogP contribution in [0.4, 0.5) is 4.39 Å². The standard InChI is InChI=1S/C13H18FNO4S/c1-4-5-9(2)15-20(17,18)12-8-10(14)6-7-11(12)13(16)19-3/h6-9,15H,4-5H2,1-3H3. The Kier molecular flexibility index (Phi) is 5.64. The van der Waals surface area contributed by atoms with Crippen molar-refractivity contribution < 1.29 is 22.3 Å². The van der Waals surface area contributed by atoms with Crippen LogP contribution >= 0.6 is 0 Å². The zero-order valence-corrected chi connectivity index (χ0v) is 12.5. The molecule has 0 aliphatic heterocycles. The van der Waals surface area contributed by atoms with E-state index in [2.05, 4.69) is 9.46 Å². The van der Waals surface area contributed by atoms with Gasteiger partial charge in [-0.15, -0.1) is 0 Å². The van der Waals surface area contributed by atoms with Gasteiger partial charge in [0.25, 0.3) is 0 Å². The average Bonchev–Trinajstić information content (AvgIpc) is 2.37. The lowest BCUT2D eigenvalue weighted by molar-refractivity contribution is 0.0596. The second-order valence-electron chi connectivity index (χ2n) is 4.44. The van der Waals surface area contributed by atoms with Gasteiger partial charge in [0.05, 0.1) is 17.6 Å². The molecule has 0 fully saturated rings. The third-order valence-corrected chi connectivity index (χ3v) is 4.35. The Morgan fingerprint density at radius 1 is 1.45 bits per heavy atom. The Balaban J connectivity index is 3.22. The number of methoxy groups -OCH3 is 1. The minimum atomic E-state index is -3.98. The van der Waals surface area contributed by atoms with E-state index >= 15 is 0 Å². The van der Waals surface area contributed by atoms with Crippen molar-refractivity contribution in [2.24, 2.45) is 0 Å². The molecule has 0 spiro atoms. The molecular weight excluding hydrogens is 285 g/mol. The SMILES string of the molecule is CCCC(C)NS(=O)(=O)c1cc(F)ccc1C(=O)OC. The lowest BCUT2D eigenvalue weighted by Crippen LogP contribution is -2.33. The van der Waals surface area contributed by atoms with Crippen LogP contribution in [0, 0.1) is 5.82 Å². The first-order valence-electron chi connectivity index (χ1n) is 6.22. The highest BCUT2D eigenvalue weighted by molar-refractivity contribution is 7.89. The first kappa shape index (κ1) is 16.6. The summed E-state index contributed by atoms with van der Waals surface area (Å²) in [6.07, 6.45) is 1.44. The highest BCUT2D eigenvalue weighted by Crippen LogP contribution is 2.19. The number of sulfonamides is 1. The van der Waals surface area contributed by atoms with Crippen molar-refractivity contribution in [2.75, 3.05) is 7.11 Å². The Morgan fingerprint density at radius 3 is 2.65 bits per heavy atom. The van der Waals surface area contributed by atoms with Crippen molar-refractivity contribution in [1.82, 2.24) is 4.72 Å². The fraction of sp³-hybridized carbons (Fsp3) is 0.462. The third kappa shape index (κ3) is 4.01. The van der Waals surface area contributed by atoms with Gasteiger partial charge in [-0.25, -0.2) is 22.3 Å². The summed E-state index contributed by atoms with van der Waals surface area (Å²) in [5, 5.41) is 0. The van der Waals surface area contributed by atoms with E-state index in [4.69, 9.17) is 0 Å². The van der Waals surface area contributed by atoms with Gasteiger partial charge < -0.3 is 4.74 Å². The average molecular weight is 303 g/mol. The first-order chi connectivity index (χ1) is 9.31. The van der Waals surface area contributed by atoms with Crippen LogP contribution in [0.1, 0.15) is 37.0 Å². The smallest absolute Gasteiger partial charge is 0.339 e. The number of carbonyl (C=O) groups is 1. The maximum absolute atomic E-state index is 13.3. The summed E-state index contributed by atoms with van der Waals surface area (Å²) < 4.78 is 44.7. The van der Waals surface area contributed by atoms with Crippen LogP contribution in [0.5, 0.6) is 0 Å². The Hall–Kier alpha value is -1.47. The van der Waals surface area contributed by atoms with Crippen molar-refractivity contribution >= 4 is 16.0 Å². The number of esters is 1. The quantitative estimate of drug-likeness (QED) is 0.817. The van der Waals surface area contributed by atoms with Crippen LogP contribution in [-0.2, 0) is 14.8 Å². The van der Waals surface area contributed by atoms with Crippen molar-refractivity contribution in [1.29, 1.82) is 0 Å². The molecule has 0 aromatic heterocycles. The van der Waals surface area contributed by atoms with Gasteiger partial charge in [-0.2, -0.15) is 0 Å². The van der Waals surface area contributed by atoms with Crippen LogP contribution in [0.2, 0.25) is 0 Å². The largest absolute Gasteiger partial charge is 0.465 e. The summed E-state index contributed by atoms with van der Waals surface area (Å²) in [6.45, 7) is 3.63. The van der Waals surface area contributed by atoms with E-state index in [0.29, 0.717) is 6.42 Å². The summed E-state index contributed by atoms with van der Waals surface area (Å²) in [5.74, 6) is -1.56. The predicted molar refractivity (Wildman–Crippen MR) is 72.4 cm³/mol. The minimum absolute atomic E-state index is 0.190. The van der Waals surface area contributed by atoms with Gasteiger partial charge in [-0.3, -0.25) is 0 Å². The van der Waals surface area contributed by atoms with Gasteiger partial charge in [0.2, 0.25) is 10.0 Å². The first-order valence-corrected chi connectivity index (χ1v) is 7.70. The molecule has 0 bridgehead atoms. The molecule has 112 valence electrons. The fourth-order valence-electron chi connectivity index (χ4n) is 1.82. The molecule has 0 amide bonds. The molecule has 0 aliphatic rings. The van der Waals surface area contributed by atoms with Gasteiger partial charge in [0.1, 0.15) is 5.82 Å². The molecular formula is C13H18FNO4S. The molecule has 7 heteroatoms. The second-order valence-corrected chi connectivity index (χ2v) is 6.13. The molecule has 1 atom stereocenters. The summed E-state index contributed by atoms with van der Waals surface area (Å²) in [7, 11) is -2.85. The molecule has 1 unspecified atom stereocenters. The molecule has 5 nitrogen and oxygen atoms in total. The Bertz CT molecular complexity index is 586. The van der Waals surface area contributed by atoms with Crippen LogP contribution in [-0.4, -0.2) is 27.5 Å². The summed E-state index contributed by atoms with van der Waals surface area (Å²) in [6, 6.07) is 2.62. The predicted octanol–water partition coefficient (Wildman–Crippen LogP) is 2.08.